The molecule has 41 heavy (non-hydrogen) atoms. The number of rotatable bonds is 1. The van der Waals surface area contributed by atoms with Gasteiger partial charge >= 0.3 is 0 Å². The van der Waals surface area contributed by atoms with Gasteiger partial charge in [0.15, 0.2) is 0 Å². The first-order valence-electron chi connectivity index (χ1n) is 14.1. The molecule has 5 heterocycles. The van der Waals surface area contributed by atoms with Gasteiger partial charge in [0.25, 0.3) is 6.71 Å². The van der Waals surface area contributed by atoms with Crippen molar-refractivity contribution in [3.05, 3.63) is 115 Å². The van der Waals surface area contributed by atoms with Crippen LogP contribution in [-0.4, -0.2) is 15.8 Å². The Labute approximate surface area is 234 Å². The van der Waals surface area contributed by atoms with E-state index in [0.717, 1.165) is 34.1 Å². The van der Waals surface area contributed by atoms with Gasteiger partial charge in [0.05, 0.1) is 22.1 Å². The second-order valence-corrected chi connectivity index (χ2v) is 11.2. The molecule has 6 aromatic carbocycles. The molecule has 3 aliphatic heterocycles. The van der Waals surface area contributed by atoms with Crippen LogP contribution in [0.15, 0.2) is 115 Å². The summed E-state index contributed by atoms with van der Waals surface area (Å²) in [5, 5.41) is 4.99. The van der Waals surface area contributed by atoms with Crippen LogP contribution in [0, 0.1) is 0 Å². The molecule has 8 aromatic rings. The quantitative estimate of drug-likeness (QED) is 0.219. The fourth-order valence-corrected chi connectivity index (χ4v) is 7.86. The van der Waals surface area contributed by atoms with Crippen LogP contribution in [0.5, 0.6) is 23.0 Å². The van der Waals surface area contributed by atoms with E-state index in [0.29, 0.717) is 0 Å². The first-order valence-corrected chi connectivity index (χ1v) is 14.1. The third-order valence-corrected chi connectivity index (χ3v) is 9.35. The lowest BCUT2D eigenvalue weighted by molar-refractivity contribution is 0.464. The topological polar surface area (TPSA) is 28.3 Å². The minimum Gasteiger partial charge on any atom is -0.458 e. The number of fused-ring (bicyclic) bond motifs is 8. The van der Waals surface area contributed by atoms with E-state index >= 15 is 0 Å². The third-order valence-electron chi connectivity index (χ3n) is 9.35. The summed E-state index contributed by atoms with van der Waals surface area (Å²) in [6, 6.07) is 41.1. The number of hydrogen-bond donors (Lipinski definition) is 0. The number of para-hydroxylation sites is 2. The molecular weight excluding hydrogens is 503 g/mol. The van der Waals surface area contributed by atoms with Gasteiger partial charge < -0.3 is 18.6 Å². The standard InChI is InChI=1S/C36H19BN2O2/c1-2-8-20(9-3-1)38-25-11-5-4-10-21(25)22-16-17-24-23-18-19-30-33-34(23)39(36(24)35(22)38)26-12-6-13-27-31(26)37(33)32-28(40-27)14-7-15-29(32)41-30/h1-19H. The Morgan fingerprint density at radius 3 is 1.85 bits per heavy atom. The summed E-state index contributed by atoms with van der Waals surface area (Å²) in [6.07, 6.45) is 0. The van der Waals surface area contributed by atoms with Gasteiger partial charge in [-0.1, -0.05) is 60.7 Å². The molecule has 3 aliphatic rings. The van der Waals surface area contributed by atoms with Gasteiger partial charge in [-0.05, 0) is 65.5 Å². The highest BCUT2D eigenvalue weighted by molar-refractivity contribution is 7.00. The molecule has 0 bridgehead atoms. The fraction of sp³-hybridized carbons (Fsp3) is 0. The zero-order valence-corrected chi connectivity index (χ0v) is 21.8. The summed E-state index contributed by atoms with van der Waals surface area (Å²) in [5.41, 5.74) is 10.8. The molecule has 0 spiro atoms. The average molecular weight is 522 g/mol. The molecule has 188 valence electrons. The van der Waals surface area contributed by atoms with Crippen LogP contribution in [0.3, 0.4) is 0 Å². The average Bonchev–Trinajstić information content (AvgIpc) is 3.54. The van der Waals surface area contributed by atoms with Crippen molar-refractivity contribution in [2.45, 2.75) is 0 Å². The SMILES string of the molecule is c1ccc(-n2c3ccccc3c3ccc4c5ccc6c7c5n(c4c32)-c2cccc3c2B7c2c(cccc2O6)O3)cc1. The minimum atomic E-state index is 0.0703. The van der Waals surface area contributed by atoms with Gasteiger partial charge in [-0.3, -0.25) is 0 Å². The summed E-state index contributed by atoms with van der Waals surface area (Å²) in [6.45, 7) is 0.0703. The van der Waals surface area contributed by atoms with Crippen molar-refractivity contribution in [2.24, 2.45) is 0 Å². The third kappa shape index (κ3) is 2.26. The van der Waals surface area contributed by atoms with Crippen molar-refractivity contribution in [1.29, 1.82) is 0 Å². The van der Waals surface area contributed by atoms with E-state index in [2.05, 4.69) is 118 Å². The van der Waals surface area contributed by atoms with Crippen LogP contribution < -0.4 is 25.9 Å². The van der Waals surface area contributed by atoms with Crippen LogP contribution in [0.1, 0.15) is 0 Å². The highest BCUT2D eigenvalue weighted by Gasteiger charge is 2.46. The van der Waals surface area contributed by atoms with E-state index in [1.165, 1.54) is 60.2 Å². The molecule has 0 radical (unpaired) electrons. The lowest BCUT2D eigenvalue weighted by Gasteiger charge is -2.37. The van der Waals surface area contributed by atoms with E-state index in [4.69, 9.17) is 9.47 Å². The summed E-state index contributed by atoms with van der Waals surface area (Å²) < 4.78 is 18.1. The van der Waals surface area contributed by atoms with Crippen LogP contribution >= 0.6 is 0 Å². The first kappa shape index (κ1) is 20.5. The maximum absolute atomic E-state index is 6.60. The number of benzene rings is 6. The van der Waals surface area contributed by atoms with Gasteiger partial charge in [0, 0.05) is 38.4 Å². The van der Waals surface area contributed by atoms with Crippen LogP contribution in [0.25, 0.3) is 55.0 Å². The molecule has 0 unspecified atom stereocenters. The monoisotopic (exact) mass is 522 g/mol. The summed E-state index contributed by atoms with van der Waals surface area (Å²) >= 11 is 0. The molecule has 4 nitrogen and oxygen atoms in total. The van der Waals surface area contributed by atoms with Crippen molar-refractivity contribution in [1.82, 2.24) is 9.13 Å². The first-order chi connectivity index (χ1) is 20.4. The van der Waals surface area contributed by atoms with E-state index < -0.39 is 0 Å². The Hall–Kier alpha value is -5.42. The second-order valence-electron chi connectivity index (χ2n) is 11.2. The Morgan fingerprint density at radius 2 is 1.02 bits per heavy atom. The van der Waals surface area contributed by atoms with Crippen molar-refractivity contribution in [3.8, 4) is 34.4 Å². The largest absolute Gasteiger partial charge is 0.458 e. The highest BCUT2D eigenvalue weighted by atomic mass is 16.5. The van der Waals surface area contributed by atoms with Crippen LogP contribution in [0.4, 0.5) is 0 Å². The smallest absolute Gasteiger partial charge is 0.266 e. The zero-order valence-electron chi connectivity index (χ0n) is 21.8. The zero-order chi connectivity index (χ0) is 26.4. The van der Waals surface area contributed by atoms with Gasteiger partial charge in [0.2, 0.25) is 0 Å². The molecule has 0 saturated heterocycles. The van der Waals surface area contributed by atoms with E-state index in [-0.39, 0.29) is 6.71 Å². The predicted octanol–water partition coefficient (Wildman–Crippen LogP) is 6.92. The van der Waals surface area contributed by atoms with E-state index in [1.54, 1.807) is 0 Å². The Bertz CT molecular complexity index is 2470. The van der Waals surface area contributed by atoms with Crippen LogP contribution in [0.2, 0.25) is 0 Å². The van der Waals surface area contributed by atoms with E-state index in [1.807, 2.05) is 6.07 Å². The molecule has 2 aromatic heterocycles. The molecule has 0 atom stereocenters. The van der Waals surface area contributed by atoms with Crippen molar-refractivity contribution in [2.75, 3.05) is 0 Å². The lowest BCUT2D eigenvalue weighted by atomic mass is 9.33. The Balaban J connectivity index is 1.42. The normalized spacial score (nSPS) is 13.7. The lowest BCUT2D eigenvalue weighted by Crippen LogP contribution is -2.60. The molecule has 0 N–H and O–H groups in total. The van der Waals surface area contributed by atoms with Crippen molar-refractivity contribution >= 4 is 66.7 Å². The highest BCUT2D eigenvalue weighted by Crippen LogP contribution is 2.46. The van der Waals surface area contributed by atoms with E-state index in [9.17, 15) is 0 Å². The summed E-state index contributed by atoms with van der Waals surface area (Å²) in [5.74, 6) is 3.62. The van der Waals surface area contributed by atoms with Crippen LogP contribution in [-0.2, 0) is 0 Å². The summed E-state index contributed by atoms with van der Waals surface area (Å²) in [7, 11) is 0. The second kappa shape index (κ2) is 6.83. The molecular formula is C36H19BN2O2. The number of ether oxygens (including phenoxy) is 2. The predicted molar refractivity (Wildman–Crippen MR) is 166 cm³/mol. The molecule has 11 rings (SSSR count). The van der Waals surface area contributed by atoms with Gasteiger partial charge in [-0.25, -0.2) is 0 Å². The molecule has 0 amide bonds. The minimum absolute atomic E-state index is 0.0703. The molecule has 5 heteroatoms. The Kier molecular flexibility index (Phi) is 3.41. The maximum Gasteiger partial charge on any atom is 0.266 e. The van der Waals surface area contributed by atoms with Gasteiger partial charge in [-0.15, -0.1) is 0 Å². The van der Waals surface area contributed by atoms with Crippen molar-refractivity contribution < 1.29 is 9.47 Å². The molecule has 0 aliphatic carbocycles. The molecule has 0 fully saturated rings. The maximum atomic E-state index is 6.60. The Morgan fingerprint density at radius 1 is 0.415 bits per heavy atom. The van der Waals surface area contributed by atoms with Gasteiger partial charge in [0.1, 0.15) is 23.0 Å². The number of nitrogens with zero attached hydrogens (tertiary/aromatic N) is 2. The summed E-state index contributed by atoms with van der Waals surface area (Å²) in [4.78, 5) is 0. The van der Waals surface area contributed by atoms with Gasteiger partial charge in [-0.2, -0.15) is 0 Å². The number of aromatic nitrogens is 2. The fourth-order valence-electron chi connectivity index (χ4n) is 7.86. The van der Waals surface area contributed by atoms with Crippen molar-refractivity contribution in [3.63, 3.8) is 0 Å². The number of hydrogen-bond acceptors (Lipinski definition) is 2. The molecule has 0 saturated carbocycles.